The van der Waals surface area contributed by atoms with Crippen LogP contribution < -0.4 is 10.2 Å². The number of hydrogen-bond donors (Lipinski definition) is 1. The Morgan fingerprint density at radius 1 is 0.958 bits per heavy atom. The van der Waals surface area contributed by atoms with Crippen molar-refractivity contribution in [2.45, 2.75) is 6.92 Å². The molecule has 0 aliphatic rings. The SMILES string of the molecule is Cc1cccc(NC(=O)c2ccc(N(C)c3ccccc3)cn2)c1. The zero-order valence-electron chi connectivity index (χ0n) is 13.7. The average Bonchev–Trinajstić information content (AvgIpc) is 2.62. The third-order valence-electron chi connectivity index (χ3n) is 3.79. The molecule has 0 saturated heterocycles. The fraction of sp³-hybridized carbons (Fsp3) is 0.100. The van der Waals surface area contributed by atoms with E-state index in [1.165, 1.54) is 0 Å². The highest BCUT2D eigenvalue weighted by Crippen LogP contribution is 2.22. The molecule has 3 rings (SSSR count). The van der Waals surface area contributed by atoms with Crippen LogP contribution in [0.15, 0.2) is 72.9 Å². The number of benzene rings is 2. The van der Waals surface area contributed by atoms with E-state index in [0.29, 0.717) is 5.69 Å². The van der Waals surface area contributed by atoms with Gasteiger partial charge in [-0.1, -0.05) is 30.3 Å². The topological polar surface area (TPSA) is 45.2 Å². The summed E-state index contributed by atoms with van der Waals surface area (Å²) in [6, 6.07) is 21.3. The Balaban J connectivity index is 1.73. The van der Waals surface area contributed by atoms with E-state index < -0.39 is 0 Å². The van der Waals surface area contributed by atoms with Gasteiger partial charge in [-0.15, -0.1) is 0 Å². The summed E-state index contributed by atoms with van der Waals surface area (Å²) >= 11 is 0. The van der Waals surface area contributed by atoms with E-state index in [9.17, 15) is 4.79 Å². The maximum Gasteiger partial charge on any atom is 0.274 e. The van der Waals surface area contributed by atoms with Gasteiger partial charge in [0.05, 0.1) is 11.9 Å². The fourth-order valence-corrected chi connectivity index (χ4v) is 2.44. The molecule has 1 amide bonds. The number of pyridine rings is 1. The van der Waals surface area contributed by atoms with Gasteiger partial charge in [0.2, 0.25) is 0 Å². The van der Waals surface area contributed by atoms with E-state index in [1.54, 1.807) is 12.3 Å². The second-order valence-electron chi connectivity index (χ2n) is 5.62. The van der Waals surface area contributed by atoms with Crippen LogP contribution in [-0.4, -0.2) is 17.9 Å². The molecule has 4 heteroatoms. The Kier molecular flexibility index (Phi) is 4.57. The van der Waals surface area contributed by atoms with Gasteiger partial charge in [0.1, 0.15) is 5.69 Å². The third-order valence-corrected chi connectivity index (χ3v) is 3.79. The number of aromatic nitrogens is 1. The van der Waals surface area contributed by atoms with E-state index in [4.69, 9.17) is 0 Å². The lowest BCUT2D eigenvalue weighted by Crippen LogP contribution is -2.15. The quantitative estimate of drug-likeness (QED) is 0.775. The van der Waals surface area contributed by atoms with Crippen LogP contribution in [0.25, 0.3) is 0 Å². The van der Waals surface area contributed by atoms with Gasteiger partial charge in [-0.05, 0) is 48.9 Å². The van der Waals surface area contributed by atoms with Crippen molar-refractivity contribution in [2.75, 3.05) is 17.3 Å². The Bertz CT molecular complexity index is 829. The van der Waals surface area contributed by atoms with Gasteiger partial charge >= 0.3 is 0 Å². The lowest BCUT2D eigenvalue weighted by molar-refractivity contribution is 0.102. The number of aryl methyl sites for hydroxylation is 1. The Hall–Kier alpha value is -3.14. The van der Waals surface area contributed by atoms with Crippen molar-refractivity contribution in [1.29, 1.82) is 0 Å². The van der Waals surface area contributed by atoms with Crippen molar-refractivity contribution in [3.8, 4) is 0 Å². The van der Waals surface area contributed by atoms with Crippen LogP contribution in [-0.2, 0) is 0 Å². The molecular weight excluding hydrogens is 298 g/mol. The standard InChI is InChI=1S/C20H19N3O/c1-15-7-6-8-16(13-15)22-20(24)19-12-11-18(14-21-19)23(2)17-9-4-3-5-10-17/h3-14H,1-2H3,(H,22,24). The highest BCUT2D eigenvalue weighted by Gasteiger charge is 2.09. The molecule has 0 fully saturated rings. The number of rotatable bonds is 4. The molecule has 1 aromatic heterocycles. The summed E-state index contributed by atoms with van der Waals surface area (Å²) in [5.74, 6) is -0.213. The van der Waals surface area contributed by atoms with Crippen molar-refractivity contribution < 1.29 is 4.79 Å². The van der Waals surface area contributed by atoms with Crippen LogP contribution in [0.3, 0.4) is 0 Å². The molecule has 1 N–H and O–H groups in total. The molecule has 0 unspecified atom stereocenters. The van der Waals surface area contributed by atoms with Gasteiger partial charge in [0.15, 0.2) is 0 Å². The molecule has 0 radical (unpaired) electrons. The minimum atomic E-state index is -0.213. The van der Waals surface area contributed by atoms with Crippen molar-refractivity contribution in [3.05, 3.63) is 84.2 Å². The molecule has 0 aliphatic carbocycles. The zero-order valence-corrected chi connectivity index (χ0v) is 13.7. The van der Waals surface area contributed by atoms with E-state index in [1.807, 2.05) is 79.5 Å². The Morgan fingerprint density at radius 3 is 2.42 bits per heavy atom. The van der Waals surface area contributed by atoms with E-state index in [2.05, 4.69) is 10.3 Å². The first-order valence-electron chi connectivity index (χ1n) is 7.76. The molecule has 0 saturated carbocycles. The number of hydrogen-bond acceptors (Lipinski definition) is 3. The van der Waals surface area contributed by atoms with Gasteiger partial charge < -0.3 is 10.2 Å². The molecule has 3 aromatic rings. The minimum Gasteiger partial charge on any atom is -0.343 e. The zero-order chi connectivity index (χ0) is 16.9. The lowest BCUT2D eigenvalue weighted by atomic mass is 10.2. The third kappa shape index (κ3) is 3.60. The van der Waals surface area contributed by atoms with Crippen LogP contribution in [0.5, 0.6) is 0 Å². The molecular formula is C20H19N3O. The first-order valence-corrected chi connectivity index (χ1v) is 7.76. The number of para-hydroxylation sites is 1. The van der Waals surface area contributed by atoms with Crippen molar-refractivity contribution in [2.24, 2.45) is 0 Å². The molecule has 4 nitrogen and oxygen atoms in total. The van der Waals surface area contributed by atoms with E-state index >= 15 is 0 Å². The summed E-state index contributed by atoms with van der Waals surface area (Å²) < 4.78 is 0. The van der Waals surface area contributed by atoms with E-state index in [0.717, 1.165) is 22.6 Å². The van der Waals surface area contributed by atoms with Crippen LogP contribution in [0.4, 0.5) is 17.1 Å². The van der Waals surface area contributed by atoms with E-state index in [-0.39, 0.29) is 5.91 Å². The highest BCUT2D eigenvalue weighted by molar-refractivity contribution is 6.03. The van der Waals surface area contributed by atoms with Gasteiger partial charge in [-0.2, -0.15) is 0 Å². The highest BCUT2D eigenvalue weighted by atomic mass is 16.1. The van der Waals surface area contributed by atoms with Crippen LogP contribution >= 0.6 is 0 Å². The first-order chi connectivity index (χ1) is 11.6. The number of nitrogens with zero attached hydrogens (tertiary/aromatic N) is 2. The second kappa shape index (κ2) is 6.96. The predicted molar refractivity (Wildman–Crippen MR) is 97.9 cm³/mol. The second-order valence-corrected chi connectivity index (χ2v) is 5.62. The normalized spacial score (nSPS) is 10.2. The molecule has 1 heterocycles. The van der Waals surface area contributed by atoms with Gasteiger partial charge in [-0.3, -0.25) is 4.79 Å². The Labute approximate surface area is 141 Å². The van der Waals surface area contributed by atoms with Gasteiger partial charge in [-0.25, -0.2) is 4.98 Å². The summed E-state index contributed by atoms with van der Waals surface area (Å²) in [5.41, 5.74) is 4.25. The van der Waals surface area contributed by atoms with Crippen LogP contribution in [0.2, 0.25) is 0 Å². The molecule has 0 spiro atoms. The number of carbonyl (C=O) groups is 1. The van der Waals surface area contributed by atoms with Crippen LogP contribution in [0, 0.1) is 6.92 Å². The maximum absolute atomic E-state index is 12.3. The van der Waals surface area contributed by atoms with Crippen molar-refractivity contribution in [3.63, 3.8) is 0 Å². The Morgan fingerprint density at radius 2 is 1.75 bits per heavy atom. The monoisotopic (exact) mass is 317 g/mol. The number of nitrogens with one attached hydrogen (secondary N) is 1. The van der Waals surface area contributed by atoms with Gasteiger partial charge in [0, 0.05) is 18.4 Å². The first kappa shape index (κ1) is 15.7. The molecule has 0 bridgehead atoms. The summed E-state index contributed by atoms with van der Waals surface area (Å²) in [6.07, 6.45) is 1.71. The summed E-state index contributed by atoms with van der Waals surface area (Å²) in [4.78, 5) is 18.6. The fourth-order valence-electron chi connectivity index (χ4n) is 2.44. The van der Waals surface area contributed by atoms with Crippen molar-refractivity contribution >= 4 is 23.0 Å². The minimum absolute atomic E-state index is 0.213. The molecule has 120 valence electrons. The number of carbonyl (C=O) groups excluding carboxylic acids is 1. The van der Waals surface area contributed by atoms with Crippen LogP contribution in [0.1, 0.15) is 16.1 Å². The summed E-state index contributed by atoms with van der Waals surface area (Å²) in [5, 5.41) is 2.86. The van der Waals surface area contributed by atoms with Gasteiger partial charge in [0.25, 0.3) is 5.91 Å². The molecule has 2 aromatic carbocycles. The lowest BCUT2D eigenvalue weighted by Gasteiger charge is -2.19. The number of anilines is 3. The average molecular weight is 317 g/mol. The summed E-state index contributed by atoms with van der Waals surface area (Å²) in [6.45, 7) is 1.99. The molecule has 0 atom stereocenters. The largest absolute Gasteiger partial charge is 0.343 e. The number of amides is 1. The molecule has 24 heavy (non-hydrogen) atoms. The smallest absolute Gasteiger partial charge is 0.274 e. The predicted octanol–water partition coefficient (Wildman–Crippen LogP) is 4.41. The van der Waals surface area contributed by atoms with Crippen molar-refractivity contribution in [1.82, 2.24) is 4.98 Å². The summed E-state index contributed by atoms with van der Waals surface area (Å²) in [7, 11) is 1.97. The molecule has 0 aliphatic heterocycles. The maximum atomic E-state index is 12.3.